The number of thioether (sulfide) groups is 1. The third-order valence-corrected chi connectivity index (χ3v) is 9.88. The normalized spacial score (nSPS) is 18.6. The summed E-state index contributed by atoms with van der Waals surface area (Å²) >= 11 is 16.2. The fourth-order valence-corrected chi connectivity index (χ4v) is 7.33. The van der Waals surface area contributed by atoms with E-state index < -0.39 is 5.92 Å². The lowest BCUT2D eigenvalue weighted by Crippen LogP contribution is -2.42. The highest BCUT2D eigenvalue weighted by Gasteiger charge is 2.45. The SMILES string of the molecule is Cc1nnc(NC(=O)CSc2nnc(N3C(N)=C(C#N)C(c4ccc(Cl)c(Cl)c4)C4=C3CC(C)(C)CC4=O)s2)s1. The van der Waals surface area contributed by atoms with Gasteiger partial charge >= 0.3 is 0 Å². The zero-order valence-electron chi connectivity index (χ0n) is 21.5. The minimum absolute atomic E-state index is 0.0738. The molecule has 1 aromatic carbocycles. The Morgan fingerprint density at radius 2 is 2.00 bits per heavy atom. The number of allylic oxidation sites excluding steroid dienone is 3. The summed E-state index contributed by atoms with van der Waals surface area (Å²) in [5, 5.41) is 31.6. The number of nitriles is 1. The van der Waals surface area contributed by atoms with Crippen LogP contribution in [0.15, 0.2) is 45.2 Å². The van der Waals surface area contributed by atoms with Gasteiger partial charge in [-0.3, -0.25) is 19.8 Å². The quantitative estimate of drug-likeness (QED) is 0.325. The molecule has 1 aliphatic carbocycles. The Bertz CT molecular complexity index is 1640. The van der Waals surface area contributed by atoms with Crippen molar-refractivity contribution in [2.24, 2.45) is 11.1 Å². The van der Waals surface area contributed by atoms with E-state index in [2.05, 4.69) is 31.8 Å². The van der Waals surface area contributed by atoms with Crippen LogP contribution in [0.5, 0.6) is 0 Å². The van der Waals surface area contributed by atoms with Crippen LogP contribution in [0.1, 0.15) is 43.2 Å². The largest absolute Gasteiger partial charge is 0.384 e. The molecular formula is C25H22Cl2N8O2S3. The smallest absolute Gasteiger partial charge is 0.236 e. The van der Waals surface area contributed by atoms with Gasteiger partial charge in [-0.1, -0.05) is 77.6 Å². The molecule has 1 aliphatic heterocycles. The first-order valence-corrected chi connectivity index (χ1v) is 15.3. The molecular weight excluding hydrogens is 611 g/mol. The van der Waals surface area contributed by atoms with Gasteiger partial charge in [0.1, 0.15) is 10.8 Å². The summed E-state index contributed by atoms with van der Waals surface area (Å²) in [6.07, 6.45) is 0.841. The topological polar surface area (TPSA) is 151 Å². The minimum atomic E-state index is -0.691. The molecule has 0 bridgehead atoms. The standard InChI is InChI=1S/C25H22Cl2N8O2S3/c1-11-31-32-22(39-11)30-18(37)10-38-24-34-33-23(40-24)35-16-7-25(2,3)8-17(36)20(16)19(13(9-28)21(35)29)12-4-5-14(26)15(27)6-12/h4-6,19H,7-8,10,29H2,1-3H3,(H,30,32,37). The molecule has 1 atom stereocenters. The molecule has 2 aliphatic rings. The maximum atomic E-state index is 13.7. The van der Waals surface area contributed by atoms with Gasteiger partial charge in [-0.25, -0.2) is 0 Å². The molecule has 0 fully saturated rings. The lowest BCUT2D eigenvalue weighted by atomic mass is 9.69. The number of benzene rings is 1. The molecule has 3 heterocycles. The van der Waals surface area contributed by atoms with E-state index in [-0.39, 0.29) is 34.3 Å². The number of nitrogens with zero attached hydrogens (tertiary/aromatic N) is 6. The van der Waals surface area contributed by atoms with Gasteiger partial charge < -0.3 is 5.73 Å². The first kappa shape index (κ1) is 28.5. The predicted molar refractivity (Wildman–Crippen MR) is 157 cm³/mol. The van der Waals surface area contributed by atoms with Crippen molar-refractivity contribution in [3.8, 4) is 6.07 Å². The van der Waals surface area contributed by atoms with E-state index in [4.69, 9.17) is 28.9 Å². The van der Waals surface area contributed by atoms with Crippen molar-refractivity contribution < 1.29 is 9.59 Å². The van der Waals surface area contributed by atoms with Crippen molar-refractivity contribution in [3.05, 3.63) is 61.5 Å². The van der Waals surface area contributed by atoms with Gasteiger partial charge in [0.25, 0.3) is 0 Å². The molecule has 5 rings (SSSR count). The van der Waals surface area contributed by atoms with Crippen LogP contribution < -0.4 is 16.0 Å². The van der Waals surface area contributed by atoms with Crippen LogP contribution in [-0.4, -0.2) is 37.8 Å². The molecule has 0 radical (unpaired) electrons. The molecule has 3 N–H and O–H groups in total. The average Bonchev–Trinajstić information content (AvgIpc) is 3.51. The van der Waals surface area contributed by atoms with Gasteiger partial charge in [-0.15, -0.1) is 20.4 Å². The Kier molecular flexibility index (Phi) is 7.91. The maximum Gasteiger partial charge on any atom is 0.236 e. The van der Waals surface area contributed by atoms with Crippen LogP contribution in [0, 0.1) is 23.7 Å². The second kappa shape index (κ2) is 11.1. The summed E-state index contributed by atoms with van der Waals surface area (Å²) in [5.41, 5.74) is 8.33. The van der Waals surface area contributed by atoms with Gasteiger partial charge in [0.05, 0.1) is 33.4 Å². The molecule has 1 unspecified atom stereocenters. The number of aromatic nitrogens is 4. The van der Waals surface area contributed by atoms with E-state index in [9.17, 15) is 14.9 Å². The van der Waals surface area contributed by atoms with E-state index >= 15 is 0 Å². The van der Waals surface area contributed by atoms with Crippen LogP contribution >= 0.6 is 57.6 Å². The van der Waals surface area contributed by atoms with E-state index in [1.54, 1.807) is 30.0 Å². The van der Waals surface area contributed by atoms with Crippen LogP contribution in [0.2, 0.25) is 10.0 Å². The molecule has 3 aromatic rings. The molecule has 15 heteroatoms. The molecule has 2 aromatic heterocycles. The zero-order chi connectivity index (χ0) is 28.8. The Labute approximate surface area is 252 Å². The van der Waals surface area contributed by atoms with Crippen molar-refractivity contribution in [3.63, 3.8) is 0 Å². The number of rotatable bonds is 6. The van der Waals surface area contributed by atoms with Crippen LogP contribution in [0.25, 0.3) is 0 Å². The number of amides is 1. The van der Waals surface area contributed by atoms with E-state index in [1.165, 1.54) is 34.4 Å². The highest BCUT2D eigenvalue weighted by atomic mass is 35.5. The van der Waals surface area contributed by atoms with Crippen LogP contribution in [-0.2, 0) is 9.59 Å². The number of hydrogen-bond acceptors (Lipinski definition) is 12. The predicted octanol–water partition coefficient (Wildman–Crippen LogP) is 5.68. The second-order valence-corrected chi connectivity index (χ2v) is 14.1. The molecule has 40 heavy (non-hydrogen) atoms. The number of anilines is 2. The number of halogens is 2. The lowest BCUT2D eigenvalue weighted by molar-refractivity contribution is -0.118. The fourth-order valence-electron chi connectivity index (χ4n) is 4.73. The first-order chi connectivity index (χ1) is 19.0. The lowest BCUT2D eigenvalue weighted by Gasteiger charge is -2.42. The molecule has 0 saturated heterocycles. The third-order valence-electron chi connectivity index (χ3n) is 6.34. The first-order valence-electron chi connectivity index (χ1n) is 11.9. The highest BCUT2D eigenvalue weighted by molar-refractivity contribution is 8.01. The van der Waals surface area contributed by atoms with Crippen molar-refractivity contribution in [1.82, 2.24) is 20.4 Å². The molecule has 1 amide bonds. The van der Waals surface area contributed by atoms with Gasteiger partial charge in [0, 0.05) is 17.7 Å². The third kappa shape index (κ3) is 5.59. The average molecular weight is 634 g/mol. The highest BCUT2D eigenvalue weighted by Crippen LogP contribution is 2.51. The Hall–Kier alpha value is -3.02. The van der Waals surface area contributed by atoms with Crippen molar-refractivity contribution in [2.45, 2.75) is 43.9 Å². The monoisotopic (exact) mass is 632 g/mol. The van der Waals surface area contributed by atoms with E-state index in [0.29, 0.717) is 54.3 Å². The number of aryl methyl sites for hydroxylation is 1. The number of carbonyl (C=O) groups is 2. The van der Waals surface area contributed by atoms with Crippen molar-refractivity contribution in [1.29, 1.82) is 5.26 Å². The second-order valence-electron chi connectivity index (χ2n) is 9.97. The Balaban J connectivity index is 1.49. The Morgan fingerprint density at radius 3 is 2.67 bits per heavy atom. The minimum Gasteiger partial charge on any atom is -0.384 e. The van der Waals surface area contributed by atoms with Crippen LogP contribution in [0.3, 0.4) is 0 Å². The summed E-state index contributed by atoms with van der Waals surface area (Å²) in [7, 11) is 0. The number of ketones is 1. The summed E-state index contributed by atoms with van der Waals surface area (Å²) in [5.74, 6) is -0.767. The van der Waals surface area contributed by atoms with E-state index in [0.717, 1.165) is 5.01 Å². The van der Waals surface area contributed by atoms with Gasteiger partial charge in [0.2, 0.25) is 16.2 Å². The van der Waals surface area contributed by atoms with Crippen molar-refractivity contribution in [2.75, 3.05) is 16.0 Å². The zero-order valence-corrected chi connectivity index (χ0v) is 25.4. The summed E-state index contributed by atoms with van der Waals surface area (Å²) < 4.78 is 0.528. The van der Waals surface area contributed by atoms with Crippen LogP contribution in [0.4, 0.5) is 10.3 Å². The number of carbonyl (C=O) groups excluding carboxylic acids is 2. The molecule has 0 saturated carbocycles. The number of nitrogens with two attached hydrogens (primary N) is 1. The summed E-state index contributed by atoms with van der Waals surface area (Å²) in [4.78, 5) is 27.7. The molecule has 206 valence electrons. The number of Topliss-reactive ketones (excluding diaryl/α,β-unsaturated/α-hetero) is 1. The van der Waals surface area contributed by atoms with Gasteiger partial charge in [0.15, 0.2) is 10.1 Å². The molecule has 10 nitrogen and oxygen atoms in total. The van der Waals surface area contributed by atoms with E-state index in [1.807, 2.05) is 13.8 Å². The van der Waals surface area contributed by atoms with Crippen molar-refractivity contribution >= 4 is 79.6 Å². The Morgan fingerprint density at radius 1 is 1.23 bits per heavy atom. The maximum absolute atomic E-state index is 13.7. The summed E-state index contributed by atoms with van der Waals surface area (Å²) in [6, 6.07) is 7.29. The number of nitrogens with one attached hydrogen (secondary N) is 1. The van der Waals surface area contributed by atoms with Gasteiger partial charge in [-0.2, -0.15) is 5.26 Å². The summed E-state index contributed by atoms with van der Waals surface area (Å²) in [6.45, 7) is 5.83. The van der Waals surface area contributed by atoms with Gasteiger partial charge in [-0.05, 0) is 36.5 Å². The fraction of sp³-hybridized carbons (Fsp3) is 0.320. The number of hydrogen-bond donors (Lipinski definition) is 2. The molecule has 0 spiro atoms.